The van der Waals surface area contributed by atoms with Crippen molar-refractivity contribution >= 4 is 5.97 Å². The van der Waals surface area contributed by atoms with E-state index in [0.29, 0.717) is 48.7 Å². The van der Waals surface area contributed by atoms with Gasteiger partial charge in [-0.3, -0.25) is 4.79 Å². The number of carbonyl (C=O) groups is 1. The monoisotopic (exact) mass is 294 g/mol. The Morgan fingerprint density at radius 2 is 1.81 bits per heavy atom. The third-order valence-corrected chi connectivity index (χ3v) is 4.45. The van der Waals surface area contributed by atoms with E-state index in [1.54, 1.807) is 12.1 Å². The number of ether oxygens (including phenoxy) is 2. The molecule has 21 heavy (non-hydrogen) atoms. The topological polar surface area (TPSA) is 55.8 Å². The molecule has 0 atom stereocenters. The lowest BCUT2D eigenvalue weighted by Gasteiger charge is -2.41. The molecule has 0 spiro atoms. The average molecular weight is 294 g/mol. The Labute approximate surface area is 122 Å². The molecule has 0 amide bonds. The molecular formula is C16H19FO4. The molecule has 1 fully saturated rings. The number of rotatable bonds is 3. The molecule has 114 valence electrons. The summed E-state index contributed by atoms with van der Waals surface area (Å²) in [5, 5.41) is 9.64. The Morgan fingerprint density at radius 3 is 2.24 bits per heavy atom. The molecule has 1 aromatic carbocycles. The molecule has 2 aliphatic rings. The number of carboxylic acids is 1. The Bertz CT molecular complexity index is 585. The van der Waals surface area contributed by atoms with Crippen molar-refractivity contribution in [2.75, 3.05) is 13.2 Å². The number of hydrogen-bond acceptors (Lipinski definition) is 3. The van der Waals surface area contributed by atoms with E-state index < -0.39 is 17.1 Å². The summed E-state index contributed by atoms with van der Waals surface area (Å²) in [6, 6.07) is 3.27. The van der Waals surface area contributed by atoms with Crippen LogP contribution in [0.5, 0.6) is 11.5 Å². The summed E-state index contributed by atoms with van der Waals surface area (Å²) in [6.07, 6.45) is 1.91. The second-order valence-electron chi connectivity index (χ2n) is 6.25. The van der Waals surface area contributed by atoms with E-state index in [4.69, 9.17) is 9.47 Å². The second kappa shape index (κ2) is 4.61. The summed E-state index contributed by atoms with van der Waals surface area (Å²) >= 11 is 0. The quantitative estimate of drug-likeness (QED) is 0.930. The van der Waals surface area contributed by atoms with Gasteiger partial charge in [0.05, 0.1) is 5.41 Å². The van der Waals surface area contributed by atoms with Gasteiger partial charge in [-0.1, -0.05) is 6.42 Å². The minimum absolute atomic E-state index is 0.383. The van der Waals surface area contributed by atoms with Crippen LogP contribution in [0.2, 0.25) is 0 Å². The average Bonchev–Trinajstić information content (AvgIpc) is 2.35. The van der Waals surface area contributed by atoms with E-state index in [0.717, 1.165) is 6.42 Å². The van der Waals surface area contributed by atoms with E-state index >= 15 is 0 Å². The van der Waals surface area contributed by atoms with Crippen LogP contribution < -0.4 is 9.47 Å². The first kappa shape index (κ1) is 14.2. The summed E-state index contributed by atoms with van der Waals surface area (Å²) in [7, 11) is 0. The molecule has 0 radical (unpaired) electrons. The van der Waals surface area contributed by atoms with Crippen LogP contribution in [0.3, 0.4) is 0 Å². The molecule has 0 bridgehead atoms. The van der Waals surface area contributed by atoms with Gasteiger partial charge in [-0.05, 0) is 49.9 Å². The minimum Gasteiger partial charge on any atom is -0.486 e. The lowest BCUT2D eigenvalue weighted by atomic mass is 9.62. The van der Waals surface area contributed by atoms with Gasteiger partial charge in [0, 0.05) is 0 Å². The summed E-state index contributed by atoms with van der Waals surface area (Å²) in [5.74, 6) is 0.110. The lowest BCUT2D eigenvalue weighted by Crippen LogP contribution is -2.44. The number of fused-ring (bicyclic) bond motifs is 1. The second-order valence-corrected chi connectivity index (χ2v) is 6.25. The highest BCUT2D eigenvalue weighted by Gasteiger charge is 2.49. The molecule has 0 saturated heterocycles. The Balaban J connectivity index is 2.20. The standard InChI is InChI=1S/C16H19FO4/c1-15(2,17)10-8-12-13(21-7-6-20-12)9-11(10)16(14(18)19)4-3-5-16/h8-9H,3-7H2,1-2H3,(H,18,19). The van der Waals surface area contributed by atoms with Gasteiger partial charge in [-0.25, -0.2) is 4.39 Å². The molecule has 3 rings (SSSR count). The Morgan fingerprint density at radius 1 is 1.24 bits per heavy atom. The van der Waals surface area contributed by atoms with Gasteiger partial charge in [-0.2, -0.15) is 0 Å². The molecule has 1 saturated carbocycles. The van der Waals surface area contributed by atoms with Crippen LogP contribution in [0, 0.1) is 0 Å². The van der Waals surface area contributed by atoms with Crippen molar-refractivity contribution in [2.45, 2.75) is 44.2 Å². The maximum atomic E-state index is 14.6. The first-order valence-corrected chi connectivity index (χ1v) is 7.21. The summed E-state index contributed by atoms with van der Waals surface area (Å²) in [5.41, 5.74) is -1.72. The SMILES string of the molecule is CC(C)(F)c1cc2c(cc1C1(C(=O)O)CCC1)OCCO2. The molecule has 1 N–H and O–H groups in total. The normalized spacial score (nSPS) is 19.8. The lowest BCUT2D eigenvalue weighted by molar-refractivity contribution is -0.147. The zero-order valence-corrected chi connectivity index (χ0v) is 12.2. The number of alkyl halides is 1. The largest absolute Gasteiger partial charge is 0.486 e. The maximum Gasteiger partial charge on any atom is 0.314 e. The van der Waals surface area contributed by atoms with Gasteiger partial charge in [0.15, 0.2) is 11.5 Å². The number of hydrogen-bond donors (Lipinski definition) is 1. The van der Waals surface area contributed by atoms with Crippen molar-refractivity contribution < 1.29 is 23.8 Å². The fourth-order valence-electron chi connectivity index (χ4n) is 3.11. The molecule has 1 aliphatic carbocycles. The molecule has 1 heterocycles. The van der Waals surface area contributed by atoms with Gasteiger partial charge in [0.1, 0.15) is 18.9 Å². The summed E-state index contributed by atoms with van der Waals surface area (Å²) in [4.78, 5) is 11.8. The maximum absolute atomic E-state index is 14.6. The third kappa shape index (κ3) is 2.15. The number of aliphatic carboxylic acids is 1. The van der Waals surface area contributed by atoms with Gasteiger partial charge in [-0.15, -0.1) is 0 Å². The highest BCUT2D eigenvalue weighted by atomic mass is 19.1. The predicted octanol–water partition coefficient (Wildman–Crippen LogP) is 3.17. The van der Waals surface area contributed by atoms with Crippen molar-refractivity contribution in [1.82, 2.24) is 0 Å². The van der Waals surface area contributed by atoms with Crippen LogP contribution in [0.25, 0.3) is 0 Å². The van der Waals surface area contributed by atoms with Crippen LogP contribution in [0.15, 0.2) is 12.1 Å². The smallest absolute Gasteiger partial charge is 0.314 e. The van der Waals surface area contributed by atoms with Crippen molar-refractivity contribution in [3.8, 4) is 11.5 Å². The first-order chi connectivity index (χ1) is 9.84. The van der Waals surface area contributed by atoms with Crippen LogP contribution in [-0.2, 0) is 15.9 Å². The van der Waals surface area contributed by atoms with E-state index in [1.165, 1.54) is 13.8 Å². The third-order valence-electron chi connectivity index (χ3n) is 4.45. The number of carboxylic acid groups (broad SMARTS) is 1. The fourth-order valence-corrected chi connectivity index (χ4v) is 3.11. The van der Waals surface area contributed by atoms with Gasteiger partial charge in [0.2, 0.25) is 0 Å². The zero-order valence-electron chi connectivity index (χ0n) is 12.2. The highest BCUT2D eigenvalue weighted by molar-refractivity contribution is 5.84. The zero-order chi connectivity index (χ0) is 15.3. The first-order valence-electron chi connectivity index (χ1n) is 7.21. The van der Waals surface area contributed by atoms with E-state index in [2.05, 4.69) is 0 Å². The van der Waals surface area contributed by atoms with Crippen molar-refractivity contribution in [2.24, 2.45) is 0 Å². The van der Waals surface area contributed by atoms with Crippen LogP contribution in [0.1, 0.15) is 44.2 Å². The highest BCUT2D eigenvalue weighted by Crippen LogP contribution is 2.50. The van der Waals surface area contributed by atoms with Gasteiger partial charge < -0.3 is 14.6 Å². The van der Waals surface area contributed by atoms with Crippen molar-refractivity contribution in [3.05, 3.63) is 23.3 Å². The molecular weight excluding hydrogens is 275 g/mol. The predicted molar refractivity (Wildman–Crippen MR) is 74.7 cm³/mol. The molecule has 0 aromatic heterocycles. The van der Waals surface area contributed by atoms with E-state index in [1.807, 2.05) is 0 Å². The van der Waals surface area contributed by atoms with Crippen molar-refractivity contribution in [3.63, 3.8) is 0 Å². The fraction of sp³-hybridized carbons (Fsp3) is 0.562. The van der Waals surface area contributed by atoms with Crippen LogP contribution >= 0.6 is 0 Å². The molecule has 0 unspecified atom stereocenters. The van der Waals surface area contributed by atoms with E-state index in [9.17, 15) is 14.3 Å². The summed E-state index contributed by atoms with van der Waals surface area (Å²) in [6.45, 7) is 3.72. The molecule has 1 aromatic rings. The van der Waals surface area contributed by atoms with Crippen LogP contribution in [-0.4, -0.2) is 24.3 Å². The number of halogens is 1. The van der Waals surface area contributed by atoms with Crippen molar-refractivity contribution in [1.29, 1.82) is 0 Å². The van der Waals surface area contributed by atoms with Gasteiger partial charge >= 0.3 is 5.97 Å². The molecule has 5 heteroatoms. The molecule has 1 aliphatic heterocycles. The molecule has 4 nitrogen and oxygen atoms in total. The summed E-state index contributed by atoms with van der Waals surface area (Å²) < 4.78 is 25.7. The Kier molecular flexibility index (Phi) is 3.11. The Hall–Kier alpha value is -1.78. The number of benzene rings is 1. The van der Waals surface area contributed by atoms with Crippen LogP contribution in [0.4, 0.5) is 4.39 Å². The van der Waals surface area contributed by atoms with Gasteiger partial charge in [0.25, 0.3) is 0 Å². The van der Waals surface area contributed by atoms with E-state index in [-0.39, 0.29) is 0 Å². The minimum atomic E-state index is -1.64.